The smallest absolute Gasteiger partial charge is 0.233 e. The summed E-state index contributed by atoms with van der Waals surface area (Å²) in [6.45, 7) is 0.553. The predicted molar refractivity (Wildman–Crippen MR) is 103 cm³/mol. The third-order valence-electron chi connectivity index (χ3n) is 3.50. The number of thioether (sulfide) groups is 1. The van der Waals surface area contributed by atoms with Crippen molar-refractivity contribution in [2.24, 2.45) is 0 Å². The molecule has 0 spiro atoms. The van der Waals surface area contributed by atoms with Crippen molar-refractivity contribution < 1.29 is 4.79 Å². The van der Waals surface area contributed by atoms with Gasteiger partial charge in [0.15, 0.2) is 5.82 Å². The van der Waals surface area contributed by atoms with Crippen LogP contribution < -0.4 is 5.84 Å². The van der Waals surface area contributed by atoms with E-state index in [4.69, 9.17) is 39.6 Å². The van der Waals surface area contributed by atoms with E-state index in [1.807, 2.05) is 12.1 Å². The van der Waals surface area contributed by atoms with Gasteiger partial charge in [-0.3, -0.25) is 4.79 Å². The molecule has 2 aromatic rings. The summed E-state index contributed by atoms with van der Waals surface area (Å²) in [4.78, 5) is 13.8. The number of carbonyl (C=O) groups is 1. The molecule has 0 saturated carbocycles. The highest BCUT2D eigenvalue weighted by atomic mass is 35.5. The van der Waals surface area contributed by atoms with Gasteiger partial charge in [-0.2, -0.15) is 10.5 Å². The van der Waals surface area contributed by atoms with Gasteiger partial charge in [0, 0.05) is 23.7 Å². The number of hydrogen-bond donors (Lipinski definition) is 1. The molecule has 1 amide bonds. The van der Waals surface area contributed by atoms with Crippen LogP contribution in [-0.4, -0.2) is 44.5 Å². The van der Waals surface area contributed by atoms with Crippen LogP contribution in [0.1, 0.15) is 12.8 Å². The first-order valence-electron chi connectivity index (χ1n) is 7.78. The Morgan fingerprint density at radius 3 is 2.48 bits per heavy atom. The van der Waals surface area contributed by atoms with Gasteiger partial charge in [-0.15, -0.1) is 10.2 Å². The maximum Gasteiger partial charge on any atom is 0.233 e. The van der Waals surface area contributed by atoms with Gasteiger partial charge < -0.3 is 10.7 Å². The number of rotatable bonds is 8. The summed E-state index contributed by atoms with van der Waals surface area (Å²) in [5, 5.41) is 26.6. The van der Waals surface area contributed by atoms with Gasteiger partial charge >= 0.3 is 0 Å². The van der Waals surface area contributed by atoms with E-state index in [0.717, 1.165) is 11.8 Å². The van der Waals surface area contributed by atoms with Crippen LogP contribution in [-0.2, 0) is 4.79 Å². The number of nitriles is 2. The molecule has 0 fully saturated rings. The quantitative estimate of drug-likeness (QED) is 0.510. The van der Waals surface area contributed by atoms with Crippen molar-refractivity contribution in [2.75, 3.05) is 24.7 Å². The summed E-state index contributed by atoms with van der Waals surface area (Å²) in [7, 11) is 0. The number of benzene rings is 1. The Labute approximate surface area is 170 Å². The number of nitrogens with two attached hydrogens (primary N) is 1. The molecule has 0 radical (unpaired) electrons. The summed E-state index contributed by atoms with van der Waals surface area (Å²) in [5.41, 5.74) is 0.568. The highest BCUT2D eigenvalue weighted by Crippen LogP contribution is 2.30. The highest BCUT2D eigenvalue weighted by molar-refractivity contribution is 7.99. The van der Waals surface area contributed by atoms with Crippen LogP contribution in [0.2, 0.25) is 10.0 Å². The number of nitrogen functional groups attached to an aromatic ring is 1. The molecule has 1 heterocycles. The van der Waals surface area contributed by atoms with E-state index >= 15 is 0 Å². The molecule has 0 saturated heterocycles. The lowest BCUT2D eigenvalue weighted by Gasteiger charge is -2.19. The van der Waals surface area contributed by atoms with Crippen LogP contribution in [0.3, 0.4) is 0 Å². The third kappa shape index (κ3) is 5.51. The summed E-state index contributed by atoms with van der Waals surface area (Å²) >= 11 is 13.2. The Morgan fingerprint density at radius 2 is 1.89 bits per heavy atom. The van der Waals surface area contributed by atoms with Crippen molar-refractivity contribution in [2.45, 2.75) is 18.0 Å². The van der Waals surface area contributed by atoms with Crippen molar-refractivity contribution in [3.63, 3.8) is 0 Å². The first kappa shape index (κ1) is 20.8. The van der Waals surface area contributed by atoms with Gasteiger partial charge in [0.25, 0.3) is 0 Å². The molecule has 11 heteroatoms. The zero-order valence-electron chi connectivity index (χ0n) is 14.1. The average Bonchev–Trinajstić information content (AvgIpc) is 3.00. The second kappa shape index (κ2) is 10.0. The molecular formula is C16H15Cl2N7OS. The first-order chi connectivity index (χ1) is 13.0. The molecule has 0 aliphatic carbocycles. The van der Waals surface area contributed by atoms with Crippen LogP contribution in [0.5, 0.6) is 0 Å². The maximum atomic E-state index is 12.4. The molecule has 0 bridgehead atoms. The minimum Gasteiger partial charge on any atom is -0.340 e. The number of nitrogens with zero attached hydrogens (tertiary/aromatic N) is 6. The average molecular weight is 424 g/mol. The minimum atomic E-state index is -0.209. The molecule has 1 aromatic heterocycles. The molecular weight excluding hydrogens is 409 g/mol. The zero-order chi connectivity index (χ0) is 19.8. The van der Waals surface area contributed by atoms with Gasteiger partial charge in [0.2, 0.25) is 11.1 Å². The van der Waals surface area contributed by atoms with Crippen molar-refractivity contribution in [3.05, 3.63) is 28.2 Å². The van der Waals surface area contributed by atoms with Gasteiger partial charge in [-0.05, 0) is 18.2 Å². The lowest BCUT2D eigenvalue weighted by atomic mass is 10.2. The van der Waals surface area contributed by atoms with Crippen LogP contribution in [0, 0.1) is 22.7 Å². The van der Waals surface area contributed by atoms with Gasteiger partial charge in [0.1, 0.15) is 0 Å². The Kier molecular flexibility index (Phi) is 7.74. The largest absolute Gasteiger partial charge is 0.340 e. The third-order valence-corrected chi connectivity index (χ3v) is 4.98. The molecule has 0 aliphatic heterocycles. The number of halogens is 2. The first-order valence-corrected chi connectivity index (χ1v) is 9.52. The Hall–Kier alpha value is -2.46. The van der Waals surface area contributed by atoms with Gasteiger partial charge in [-0.1, -0.05) is 35.0 Å². The number of carbonyl (C=O) groups excluding carboxylic acids is 1. The summed E-state index contributed by atoms with van der Waals surface area (Å²) in [6, 6.07) is 8.90. The van der Waals surface area contributed by atoms with E-state index in [1.165, 1.54) is 9.58 Å². The number of hydrogen-bond acceptors (Lipinski definition) is 7. The van der Waals surface area contributed by atoms with E-state index in [2.05, 4.69) is 10.2 Å². The van der Waals surface area contributed by atoms with Crippen LogP contribution in [0.4, 0.5) is 0 Å². The SMILES string of the molecule is N#CCCN(CCC#N)C(=O)CSc1nnc(-c2ccc(Cl)cc2Cl)n1N. The monoisotopic (exact) mass is 423 g/mol. The van der Waals surface area contributed by atoms with Crippen molar-refractivity contribution in [3.8, 4) is 23.5 Å². The molecule has 1 aromatic carbocycles. The molecule has 0 unspecified atom stereocenters. The fraction of sp³-hybridized carbons (Fsp3) is 0.312. The van der Waals surface area contributed by atoms with E-state index in [-0.39, 0.29) is 37.6 Å². The van der Waals surface area contributed by atoms with E-state index in [0.29, 0.717) is 26.6 Å². The Bertz CT molecular complexity index is 885. The lowest BCUT2D eigenvalue weighted by Crippen LogP contribution is -2.34. The highest BCUT2D eigenvalue weighted by Gasteiger charge is 2.18. The summed E-state index contributed by atoms with van der Waals surface area (Å²) in [5.74, 6) is 6.23. The second-order valence-electron chi connectivity index (χ2n) is 5.29. The fourth-order valence-electron chi connectivity index (χ4n) is 2.18. The molecule has 140 valence electrons. The van der Waals surface area contributed by atoms with Crippen molar-refractivity contribution in [1.82, 2.24) is 19.8 Å². The molecule has 2 rings (SSSR count). The molecule has 0 aliphatic rings. The summed E-state index contributed by atoms with van der Waals surface area (Å²) < 4.78 is 1.25. The zero-order valence-corrected chi connectivity index (χ0v) is 16.4. The fourth-order valence-corrected chi connectivity index (χ4v) is 3.43. The molecule has 0 atom stereocenters. The molecule has 8 nitrogen and oxygen atoms in total. The van der Waals surface area contributed by atoms with E-state index in [1.54, 1.807) is 18.2 Å². The normalized spacial score (nSPS) is 10.2. The van der Waals surface area contributed by atoms with Crippen LogP contribution in [0.25, 0.3) is 11.4 Å². The van der Waals surface area contributed by atoms with Gasteiger partial charge in [0.05, 0.1) is 35.8 Å². The molecule has 27 heavy (non-hydrogen) atoms. The predicted octanol–water partition coefficient (Wildman–Crippen LogP) is 2.71. The van der Waals surface area contributed by atoms with Crippen LogP contribution in [0.15, 0.2) is 23.4 Å². The standard InChI is InChI=1S/C16H15Cl2N7OS/c17-11-3-4-12(13(18)9-11)15-22-23-16(25(15)21)27-10-14(26)24(7-1-5-19)8-2-6-20/h3-4,9H,1-2,7-8,10,21H2. The van der Waals surface area contributed by atoms with Crippen molar-refractivity contribution in [1.29, 1.82) is 10.5 Å². The number of aromatic nitrogens is 3. The van der Waals surface area contributed by atoms with E-state index in [9.17, 15) is 4.79 Å². The van der Waals surface area contributed by atoms with Gasteiger partial charge in [-0.25, -0.2) is 4.68 Å². The maximum absolute atomic E-state index is 12.4. The second-order valence-corrected chi connectivity index (χ2v) is 7.07. The Balaban J connectivity index is 2.08. The summed E-state index contributed by atoms with van der Waals surface area (Å²) in [6.07, 6.45) is 0.405. The Morgan fingerprint density at radius 1 is 1.22 bits per heavy atom. The molecule has 2 N–H and O–H groups in total. The minimum absolute atomic E-state index is 0.0561. The topological polar surface area (TPSA) is 125 Å². The van der Waals surface area contributed by atoms with Crippen molar-refractivity contribution >= 4 is 40.9 Å². The van der Waals surface area contributed by atoms with E-state index < -0.39 is 0 Å². The lowest BCUT2D eigenvalue weighted by molar-refractivity contribution is -0.128. The number of amides is 1. The van der Waals surface area contributed by atoms with Crippen LogP contribution >= 0.6 is 35.0 Å².